The second-order valence-corrected chi connectivity index (χ2v) is 5.03. The van der Waals surface area contributed by atoms with E-state index < -0.39 is 0 Å². The van der Waals surface area contributed by atoms with Gasteiger partial charge in [0.25, 0.3) is 0 Å². The largest absolute Gasteiger partial charge is 0.492 e. The van der Waals surface area contributed by atoms with Crippen LogP contribution >= 0.6 is 0 Å². The first-order chi connectivity index (χ1) is 10.2. The molecule has 0 amide bonds. The van der Waals surface area contributed by atoms with Crippen molar-refractivity contribution in [3.8, 4) is 5.75 Å². The number of hydrogen-bond acceptors (Lipinski definition) is 4. The minimum absolute atomic E-state index is 0.0841. The van der Waals surface area contributed by atoms with Crippen LogP contribution in [0, 0.1) is 6.92 Å². The number of hydrogen-bond donors (Lipinski definition) is 1. The summed E-state index contributed by atoms with van der Waals surface area (Å²) in [6, 6.07) is 6.27. The van der Waals surface area contributed by atoms with Gasteiger partial charge in [-0.25, -0.2) is 0 Å². The predicted molar refractivity (Wildman–Crippen MR) is 84.5 cm³/mol. The average Bonchev–Trinajstić information content (AvgIpc) is 2.52. The molecule has 4 heteroatoms. The van der Waals surface area contributed by atoms with E-state index in [0.717, 1.165) is 35.5 Å². The fourth-order valence-electron chi connectivity index (χ4n) is 2.17. The standard InChI is InChI=1S/C17H23N3O/c1-4-8-21-16-9-15(10-18-12-16)17(19-5-2)14-7-6-13(3)20-11-14/h6-7,9-12,17,19H,4-5,8H2,1-3H3. The zero-order chi connectivity index (χ0) is 15.1. The molecular weight excluding hydrogens is 262 g/mol. The number of rotatable bonds is 7. The molecule has 2 aromatic rings. The molecule has 1 atom stereocenters. The van der Waals surface area contributed by atoms with Crippen molar-refractivity contribution in [2.45, 2.75) is 33.2 Å². The van der Waals surface area contributed by atoms with Crippen molar-refractivity contribution in [3.63, 3.8) is 0 Å². The summed E-state index contributed by atoms with van der Waals surface area (Å²) in [5, 5.41) is 3.48. The molecule has 1 unspecified atom stereocenters. The third-order valence-electron chi connectivity index (χ3n) is 3.22. The molecule has 0 saturated heterocycles. The van der Waals surface area contributed by atoms with E-state index >= 15 is 0 Å². The maximum atomic E-state index is 5.67. The summed E-state index contributed by atoms with van der Waals surface area (Å²) in [6.07, 6.45) is 6.55. The van der Waals surface area contributed by atoms with Crippen LogP contribution in [0.5, 0.6) is 5.75 Å². The molecule has 0 aliphatic rings. The summed E-state index contributed by atoms with van der Waals surface area (Å²) < 4.78 is 5.67. The number of nitrogens with one attached hydrogen (secondary N) is 1. The van der Waals surface area contributed by atoms with E-state index in [0.29, 0.717) is 6.61 Å². The monoisotopic (exact) mass is 285 g/mol. The molecule has 0 saturated carbocycles. The van der Waals surface area contributed by atoms with Crippen molar-refractivity contribution >= 4 is 0 Å². The smallest absolute Gasteiger partial charge is 0.137 e. The fraction of sp³-hybridized carbons (Fsp3) is 0.412. The molecule has 21 heavy (non-hydrogen) atoms. The molecule has 112 valence electrons. The van der Waals surface area contributed by atoms with Crippen LogP contribution in [0.1, 0.15) is 43.1 Å². The Morgan fingerprint density at radius 1 is 1.14 bits per heavy atom. The summed E-state index contributed by atoms with van der Waals surface area (Å²) in [5.41, 5.74) is 3.25. The van der Waals surface area contributed by atoms with Crippen LogP contribution in [0.25, 0.3) is 0 Å². The third-order valence-corrected chi connectivity index (χ3v) is 3.22. The van der Waals surface area contributed by atoms with Gasteiger partial charge in [-0.15, -0.1) is 0 Å². The molecule has 2 aromatic heterocycles. The second kappa shape index (κ2) is 7.74. The van der Waals surface area contributed by atoms with Crippen LogP contribution in [0.2, 0.25) is 0 Å². The van der Waals surface area contributed by atoms with Crippen molar-refractivity contribution in [2.75, 3.05) is 13.2 Å². The summed E-state index contributed by atoms with van der Waals surface area (Å²) in [6.45, 7) is 7.77. The van der Waals surface area contributed by atoms with Gasteiger partial charge in [-0.3, -0.25) is 9.97 Å². The van der Waals surface area contributed by atoms with Crippen LogP contribution in [-0.4, -0.2) is 23.1 Å². The van der Waals surface area contributed by atoms with Crippen LogP contribution in [0.4, 0.5) is 0 Å². The fourth-order valence-corrected chi connectivity index (χ4v) is 2.17. The first-order valence-corrected chi connectivity index (χ1v) is 7.48. The van der Waals surface area contributed by atoms with E-state index in [-0.39, 0.29) is 6.04 Å². The van der Waals surface area contributed by atoms with Crippen LogP contribution in [0.3, 0.4) is 0 Å². The molecule has 1 N–H and O–H groups in total. The van der Waals surface area contributed by atoms with Gasteiger partial charge in [0.2, 0.25) is 0 Å². The van der Waals surface area contributed by atoms with Gasteiger partial charge in [0, 0.05) is 18.1 Å². The van der Waals surface area contributed by atoms with Gasteiger partial charge in [-0.1, -0.05) is 19.9 Å². The molecule has 0 aromatic carbocycles. The molecule has 0 aliphatic heterocycles. The number of ether oxygens (including phenoxy) is 1. The van der Waals surface area contributed by atoms with E-state index in [2.05, 4.69) is 41.3 Å². The Bertz CT molecular complexity index is 554. The molecule has 0 fully saturated rings. The summed E-state index contributed by atoms with van der Waals surface area (Å²) in [4.78, 5) is 8.69. The zero-order valence-electron chi connectivity index (χ0n) is 13.0. The van der Waals surface area contributed by atoms with Crippen molar-refractivity contribution in [3.05, 3.63) is 53.6 Å². The second-order valence-electron chi connectivity index (χ2n) is 5.03. The number of nitrogens with zero attached hydrogens (tertiary/aromatic N) is 2. The summed E-state index contributed by atoms with van der Waals surface area (Å²) in [5.74, 6) is 0.817. The summed E-state index contributed by atoms with van der Waals surface area (Å²) >= 11 is 0. The van der Waals surface area contributed by atoms with Gasteiger partial charge in [0.05, 0.1) is 18.8 Å². The maximum absolute atomic E-state index is 5.67. The van der Waals surface area contributed by atoms with Crippen LogP contribution < -0.4 is 10.1 Å². The van der Waals surface area contributed by atoms with E-state index in [1.807, 2.05) is 25.4 Å². The van der Waals surface area contributed by atoms with Gasteiger partial charge >= 0.3 is 0 Å². The number of aryl methyl sites for hydroxylation is 1. The van der Waals surface area contributed by atoms with Crippen LogP contribution in [-0.2, 0) is 0 Å². The van der Waals surface area contributed by atoms with Crippen molar-refractivity contribution in [1.82, 2.24) is 15.3 Å². The van der Waals surface area contributed by atoms with Gasteiger partial charge < -0.3 is 10.1 Å². The van der Waals surface area contributed by atoms with Crippen molar-refractivity contribution in [1.29, 1.82) is 0 Å². The van der Waals surface area contributed by atoms with Crippen LogP contribution in [0.15, 0.2) is 36.8 Å². The highest BCUT2D eigenvalue weighted by molar-refractivity contribution is 5.33. The first kappa shape index (κ1) is 15.4. The lowest BCUT2D eigenvalue weighted by molar-refractivity contribution is 0.315. The zero-order valence-corrected chi connectivity index (χ0v) is 13.0. The van der Waals surface area contributed by atoms with Gasteiger partial charge in [0.15, 0.2) is 0 Å². The Morgan fingerprint density at radius 2 is 2.00 bits per heavy atom. The lowest BCUT2D eigenvalue weighted by atomic mass is 10.0. The Morgan fingerprint density at radius 3 is 2.67 bits per heavy atom. The third kappa shape index (κ3) is 4.26. The lowest BCUT2D eigenvalue weighted by Gasteiger charge is -2.19. The number of aromatic nitrogens is 2. The normalized spacial score (nSPS) is 12.1. The van der Waals surface area contributed by atoms with E-state index in [9.17, 15) is 0 Å². The highest BCUT2D eigenvalue weighted by Gasteiger charge is 2.14. The Labute approximate surface area is 126 Å². The molecule has 0 aliphatic carbocycles. The topological polar surface area (TPSA) is 47.0 Å². The van der Waals surface area contributed by atoms with E-state index in [4.69, 9.17) is 4.74 Å². The van der Waals surface area contributed by atoms with Crippen molar-refractivity contribution < 1.29 is 4.74 Å². The molecular formula is C17H23N3O. The Kier molecular flexibility index (Phi) is 5.69. The van der Waals surface area contributed by atoms with Crippen molar-refractivity contribution in [2.24, 2.45) is 0 Å². The minimum atomic E-state index is 0.0841. The Balaban J connectivity index is 2.27. The highest BCUT2D eigenvalue weighted by atomic mass is 16.5. The maximum Gasteiger partial charge on any atom is 0.137 e. The first-order valence-electron chi connectivity index (χ1n) is 7.48. The SMILES string of the molecule is CCCOc1cncc(C(NCC)c2ccc(C)nc2)c1. The molecule has 0 bridgehead atoms. The van der Waals surface area contributed by atoms with E-state index in [1.165, 1.54) is 0 Å². The quantitative estimate of drug-likeness (QED) is 0.848. The van der Waals surface area contributed by atoms with Gasteiger partial charge in [0.1, 0.15) is 5.75 Å². The molecule has 4 nitrogen and oxygen atoms in total. The Hall–Kier alpha value is -1.94. The van der Waals surface area contributed by atoms with Gasteiger partial charge in [-0.05, 0) is 43.1 Å². The summed E-state index contributed by atoms with van der Waals surface area (Å²) in [7, 11) is 0. The molecule has 0 radical (unpaired) electrons. The van der Waals surface area contributed by atoms with Gasteiger partial charge in [-0.2, -0.15) is 0 Å². The molecule has 2 heterocycles. The average molecular weight is 285 g/mol. The minimum Gasteiger partial charge on any atom is -0.492 e. The predicted octanol–water partition coefficient (Wildman–Crippen LogP) is 3.27. The molecule has 0 spiro atoms. The lowest BCUT2D eigenvalue weighted by Crippen LogP contribution is -2.22. The molecule has 2 rings (SSSR count). The van der Waals surface area contributed by atoms with E-state index in [1.54, 1.807) is 6.20 Å². The number of pyridine rings is 2. The highest BCUT2D eigenvalue weighted by Crippen LogP contribution is 2.24.